The van der Waals surface area contributed by atoms with Crippen LogP contribution >= 0.6 is 0 Å². The van der Waals surface area contributed by atoms with E-state index in [0.29, 0.717) is 0 Å². The first-order valence-corrected chi connectivity index (χ1v) is 7.67. The van der Waals surface area contributed by atoms with Crippen LogP contribution in [0.25, 0.3) is 0 Å². The molecule has 1 aromatic heterocycles. The number of amides is 1. The smallest absolute Gasteiger partial charge is 0.256 e. The third-order valence-electron chi connectivity index (χ3n) is 3.76. The van der Waals surface area contributed by atoms with Crippen molar-refractivity contribution in [2.75, 3.05) is 5.32 Å². The Morgan fingerprint density at radius 2 is 1.68 bits per heavy atom. The lowest BCUT2D eigenvalue weighted by Crippen LogP contribution is -2.14. The molecule has 0 atom stereocenters. The van der Waals surface area contributed by atoms with Crippen LogP contribution in [0.2, 0.25) is 0 Å². The van der Waals surface area contributed by atoms with Crippen molar-refractivity contribution in [1.29, 1.82) is 5.26 Å². The van der Waals surface area contributed by atoms with Crippen molar-refractivity contribution in [3.63, 3.8) is 0 Å². The van der Waals surface area contributed by atoms with Gasteiger partial charge < -0.3 is 5.32 Å². The number of hydrogen-bond acceptors (Lipinski definition) is 3. The molecule has 0 fully saturated rings. The minimum Gasteiger partial charge on any atom is -0.305 e. The minimum absolute atomic E-state index is 0.0174. The normalized spacial score (nSPS) is 10.6. The Bertz CT molecular complexity index is 1090. The lowest BCUT2D eigenvalue weighted by atomic mass is 10.1. The van der Waals surface area contributed by atoms with E-state index < -0.39 is 47.1 Å². The van der Waals surface area contributed by atoms with Gasteiger partial charge in [0.2, 0.25) is 5.82 Å². The van der Waals surface area contributed by atoms with Crippen LogP contribution in [0.15, 0.2) is 36.5 Å². The van der Waals surface area contributed by atoms with Crippen molar-refractivity contribution < 1.29 is 26.7 Å². The summed E-state index contributed by atoms with van der Waals surface area (Å²) in [4.78, 5) is 12.2. The Labute approximate surface area is 154 Å². The number of carbonyl (C=O) groups excluding carboxylic acids is 1. The topological polar surface area (TPSA) is 70.7 Å². The first kappa shape index (κ1) is 19.0. The zero-order valence-electron chi connectivity index (χ0n) is 13.8. The average molecular weight is 392 g/mol. The van der Waals surface area contributed by atoms with Crippen molar-refractivity contribution in [2.45, 2.75) is 6.54 Å². The number of nitrogens with zero attached hydrogens (tertiary/aromatic N) is 3. The number of hydrogen-bond donors (Lipinski definition) is 1. The molecular weight excluding hydrogens is 383 g/mol. The van der Waals surface area contributed by atoms with Crippen molar-refractivity contribution in [2.24, 2.45) is 0 Å². The molecule has 28 heavy (non-hydrogen) atoms. The number of nitriles is 1. The van der Waals surface area contributed by atoms with E-state index in [-0.39, 0.29) is 16.9 Å². The first-order valence-electron chi connectivity index (χ1n) is 7.67. The van der Waals surface area contributed by atoms with Crippen molar-refractivity contribution in [1.82, 2.24) is 9.78 Å². The Morgan fingerprint density at radius 1 is 1.04 bits per heavy atom. The van der Waals surface area contributed by atoms with Gasteiger partial charge >= 0.3 is 0 Å². The molecule has 0 saturated heterocycles. The fourth-order valence-corrected chi connectivity index (χ4v) is 2.39. The molecule has 0 saturated carbocycles. The van der Waals surface area contributed by atoms with Gasteiger partial charge in [0.25, 0.3) is 5.91 Å². The molecule has 1 amide bonds. The van der Waals surface area contributed by atoms with Crippen molar-refractivity contribution >= 4 is 11.7 Å². The first-order chi connectivity index (χ1) is 13.3. The van der Waals surface area contributed by atoms with Crippen LogP contribution in [-0.2, 0) is 6.54 Å². The Balaban J connectivity index is 1.80. The maximum atomic E-state index is 13.7. The predicted molar refractivity (Wildman–Crippen MR) is 86.7 cm³/mol. The monoisotopic (exact) mass is 392 g/mol. The van der Waals surface area contributed by atoms with E-state index in [9.17, 15) is 26.7 Å². The van der Waals surface area contributed by atoms with Gasteiger partial charge in [0.1, 0.15) is 0 Å². The molecule has 0 unspecified atom stereocenters. The fourth-order valence-electron chi connectivity index (χ4n) is 2.39. The highest BCUT2D eigenvalue weighted by atomic mass is 19.2. The number of anilines is 1. The van der Waals surface area contributed by atoms with Gasteiger partial charge in [0.05, 0.1) is 23.7 Å². The summed E-state index contributed by atoms with van der Waals surface area (Å²) in [6.07, 6.45) is 1.19. The molecule has 3 rings (SSSR count). The number of nitrogens with one attached hydrogen (secondary N) is 1. The van der Waals surface area contributed by atoms with E-state index in [2.05, 4.69) is 10.4 Å². The van der Waals surface area contributed by atoms with Gasteiger partial charge in [-0.1, -0.05) is 6.07 Å². The maximum absolute atomic E-state index is 13.7. The molecule has 2 aromatic carbocycles. The van der Waals surface area contributed by atoms with Gasteiger partial charge in [-0.05, 0) is 18.2 Å². The predicted octanol–water partition coefficient (Wildman–Crippen LogP) is 3.75. The summed E-state index contributed by atoms with van der Waals surface area (Å²) in [7, 11) is 0. The minimum atomic E-state index is -2.24. The SMILES string of the molecule is N#Cc1cccc(C(=O)Nc2ccn(Cc3c(F)c(F)c(F)c(F)c3F)n2)c1. The molecular formula is C18H9F5N4O. The van der Waals surface area contributed by atoms with Crippen LogP contribution < -0.4 is 5.32 Å². The highest BCUT2D eigenvalue weighted by Crippen LogP contribution is 2.23. The Kier molecular flexibility index (Phi) is 5.08. The summed E-state index contributed by atoms with van der Waals surface area (Å²) in [6, 6.07) is 8.99. The lowest BCUT2D eigenvalue weighted by Gasteiger charge is -2.08. The second kappa shape index (κ2) is 7.48. The zero-order valence-corrected chi connectivity index (χ0v) is 13.8. The molecule has 5 nitrogen and oxygen atoms in total. The van der Waals surface area contributed by atoms with Gasteiger partial charge in [-0.15, -0.1) is 0 Å². The van der Waals surface area contributed by atoms with E-state index in [4.69, 9.17) is 5.26 Å². The molecule has 142 valence electrons. The Hall–Kier alpha value is -3.74. The summed E-state index contributed by atoms with van der Waals surface area (Å²) < 4.78 is 68.0. The van der Waals surface area contributed by atoms with E-state index in [1.54, 1.807) is 0 Å². The summed E-state index contributed by atoms with van der Waals surface area (Å²) in [5, 5.41) is 15.1. The number of carbonyl (C=O) groups is 1. The summed E-state index contributed by atoms with van der Waals surface area (Å²) in [5.74, 6) is -10.9. The molecule has 0 aliphatic rings. The molecule has 0 aliphatic heterocycles. The molecule has 0 bridgehead atoms. The number of halogens is 5. The van der Waals surface area contributed by atoms with Crippen LogP contribution in [0.4, 0.5) is 27.8 Å². The van der Waals surface area contributed by atoms with Gasteiger partial charge in [-0.3, -0.25) is 9.48 Å². The standard InChI is InChI=1S/C18H9F5N4O/c19-13-11(14(20)16(22)17(23)15(13)21)8-27-5-4-12(26-27)25-18(28)10-3-1-2-9(6-10)7-24/h1-6H,8H2,(H,25,26,28). The second-order valence-corrected chi connectivity index (χ2v) is 5.59. The summed E-state index contributed by atoms with van der Waals surface area (Å²) >= 11 is 0. The van der Waals surface area contributed by atoms with Crippen LogP contribution in [-0.4, -0.2) is 15.7 Å². The van der Waals surface area contributed by atoms with Crippen molar-refractivity contribution in [3.8, 4) is 6.07 Å². The van der Waals surface area contributed by atoms with E-state index >= 15 is 0 Å². The highest BCUT2D eigenvalue weighted by Gasteiger charge is 2.26. The number of rotatable bonds is 4. The third-order valence-corrected chi connectivity index (χ3v) is 3.76. The van der Waals surface area contributed by atoms with Gasteiger partial charge in [0, 0.05) is 17.8 Å². The van der Waals surface area contributed by atoms with E-state index in [0.717, 1.165) is 4.68 Å². The molecule has 3 aromatic rings. The van der Waals surface area contributed by atoms with Gasteiger partial charge in [-0.2, -0.15) is 10.4 Å². The number of benzene rings is 2. The van der Waals surface area contributed by atoms with Crippen LogP contribution in [0.5, 0.6) is 0 Å². The molecule has 1 N–H and O–H groups in total. The molecule has 0 radical (unpaired) electrons. The molecule has 0 spiro atoms. The van der Waals surface area contributed by atoms with Crippen LogP contribution in [0.1, 0.15) is 21.5 Å². The average Bonchev–Trinajstić information content (AvgIpc) is 3.15. The van der Waals surface area contributed by atoms with Crippen molar-refractivity contribution in [3.05, 3.63) is 82.3 Å². The summed E-state index contributed by atoms with van der Waals surface area (Å²) in [6.45, 7) is -0.744. The van der Waals surface area contributed by atoms with Crippen LogP contribution in [0.3, 0.4) is 0 Å². The van der Waals surface area contributed by atoms with Gasteiger partial charge in [0.15, 0.2) is 29.1 Å². The van der Waals surface area contributed by atoms with E-state index in [1.807, 2.05) is 6.07 Å². The quantitative estimate of drug-likeness (QED) is 0.418. The zero-order chi connectivity index (χ0) is 20.4. The number of aromatic nitrogens is 2. The van der Waals surface area contributed by atoms with E-state index in [1.165, 1.54) is 36.5 Å². The molecule has 1 heterocycles. The largest absolute Gasteiger partial charge is 0.305 e. The lowest BCUT2D eigenvalue weighted by molar-refractivity contribution is 0.102. The maximum Gasteiger partial charge on any atom is 0.256 e. The molecule has 0 aliphatic carbocycles. The molecule has 10 heteroatoms. The highest BCUT2D eigenvalue weighted by molar-refractivity contribution is 6.03. The second-order valence-electron chi connectivity index (χ2n) is 5.59. The fraction of sp³-hybridized carbons (Fsp3) is 0.0556. The third kappa shape index (κ3) is 3.55. The Morgan fingerprint density at radius 3 is 2.32 bits per heavy atom. The van der Waals surface area contributed by atoms with Gasteiger partial charge in [-0.25, -0.2) is 22.0 Å². The van der Waals surface area contributed by atoms with Crippen LogP contribution in [0, 0.1) is 40.4 Å². The summed E-state index contributed by atoms with van der Waals surface area (Å²) in [5.41, 5.74) is -0.614.